The zero-order chi connectivity index (χ0) is 17.4. The molecule has 4 rings (SSSR count). The van der Waals surface area contributed by atoms with Gasteiger partial charge in [-0.2, -0.15) is 4.98 Å². The molecule has 0 radical (unpaired) electrons. The minimum Gasteiger partial charge on any atom is -0.368 e. The summed E-state index contributed by atoms with van der Waals surface area (Å²) in [7, 11) is 0. The van der Waals surface area contributed by atoms with Crippen LogP contribution in [0.4, 0.5) is 16.2 Å². The van der Waals surface area contributed by atoms with Crippen LogP contribution in [0.1, 0.15) is 36.4 Å². The predicted molar refractivity (Wildman–Crippen MR) is 112 cm³/mol. The summed E-state index contributed by atoms with van der Waals surface area (Å²) in [6, 6.07) is 8.99. The molecule has 8 heteroatoms. The van der Waals surface area contributed by atoms with Crippen LogP contribution < -0.4 is 16.4 Å². The van der Waals surface area contributed by atoms with Crippen molar-refractivity contribution < 1.29 is 4.39 Å². The fourth-order valence-electron chi connectivity index (χ4n) is 3.55. The molecule has 1 aliphatic carbocycles. The van der Waals surface area contributed by atoms with E-state index in [0.717, 1.165) is 49.4 Å². The van der Waals surface area contributed by atoms with Crippen LogP contribution >= 0.6 is 24.8 Å². The number of hydrogen-bond acceptors (Lipinski definition) is 5. The Morgan fingerprint density at radius 2 is 1.78 bits per heavy atom. The van der Waals surface area contributed by atoms with E-state index in [9.17, 15) is 4.39 Å². The second-order valence-corrected chi connectivity index (χ2v) is 6.87. The van der Waals surface area contributed by atoms with Crippen LogP contribution in [0.25, 0.3) is 5.57 Å². The van der Waals surface area contributed by atoms with Crippen molar-refractivity contribution in [2.45, 2.75) is 31.2 Å². The van der Waals surface area contributed by atoms with Crippen LogP contribution in [-0.2, 0) is 0 Å². The van der Waals surface area contributed by atoms with Crippen LogP contribution in [-0.4, -0.2) is 29.1 Å². The third kappa shape index (κ3) is 4.69. The summed E-state index contributed by atoms with van der Waals surface area (Å²) in [4.78, 5) is 11.0. The van der Waals surface area contributed by atoms with Crippen LogP contribution in [0.3, 0.4) is 0 Å². The summed E-state index contributed by atoms with van der Waals surface area (Å²) in [5.41, 5.74) is 15.1. The molecule has 1 fully saturated rings. The highest BCUT2D eigenvalue weighted by Crippen LogP contribution is 2.36. The summed E-state index contributed by atoms with van der Waals surface area (Å²) in [6.45, 7) is 1.61. The molecule has 0 spiro atoms. The average Bonchev–Trinajstić information content (AvgIpc) is 2.59. The lowest BCUT2D eigenvalue weighted by molar-refractivity contribution is 0.345. The molecule has 2 heterocycles. The van der Waals surface area contributed by atoms with Crippen molar-refractivity contribution in [3.63, 3.8) is 0 Å². The zero-order valence-corrected chi connectivity index (χ0v) is 16.5. The first-order chi connectivity index (χ1) is 12.1. The van der Waals surface area contributed by atoms with Gasteiger partial charge < -0.3 is 16.4 Å². The fraction of sp³-hybridized carbons (Fsp3) is 0.368. The summed E-state index contributed by atoms with van der Waals surface area (Å²) in [6.07, 6.45) is 4.99. The first-order valence-corrected chi connectivity index (χ1v) is 8.68. The van der Waals surface area contributed by atoms with Crippen LogP contribution in [0.2, 0.25) is 0 Å². The van der Waals surface area contributed by atoms with Crippen LogP contribution in [0.5, 0.6) is 0 Å². The number of hydrogen-bond donors (Lipinski definition) is 2. The Balaban J connectivity index is 0.00000131. The van der Waals surface area contributed by atoms with Gasteiger partial charge in [-0.25, -0.2) is 9.37 Å². The molecule has 0 saturated heterocycles. The molecule has 2 aromatic rings. The summed E-state index contributed by atoms with van der Waals surface area (Å²) < 4.78 is 13.1. The van der Waals surface area contributed by atoms with Gasteiger partial charge in [0, 0.05) is 31.1 Å². The smallest absolute Gasteiger partial charge is 0.222 e. The molecule has 0 amide bonds. The maximum atomic E-state index is 13.1. The summed E-state index contributed by atoms with van der Waals surface area (Å²) >= 11 is 0. The van der Waals surface area contributed by atoms with E-state index in [2.05, 4.69) is 20.9 Å². The highest BCUT2D eigenvalue weighted by molar-refractivity contribution is 5.85. The largest absolute Gasteiger partial charge is 0.368 e. The zero-order valence-electron chi connectivity index (χ0n) is 14.8. The highest BCUT2D eigenvalue weighted by Gasteiger charge is 2.29. The number of benzene rings is 1. The molecule has 2 aliphatic rings. The van der Waals surface area contributed by atoms with Crippen molar-refractivity contribution >= 4 is 42.2 Å². The Labute approximate surface area is 170 Å². The Kier molecular flexibility index (Phi) is 7.03. The molecule has 1 saturated carbocycles. The quantitative estimate of drug-likeness (QED) is 0.806. The third-order valence-electron chi connectivity index (χ3n) is 5.09. The number of nitrogens with two attached hydrogens (primary N) is 2. The third-order valence-corrected chi connectivity index (χ3v) is 5.09. The van der Waals surface area contributed by atoms with Gasteiger partial charge in [-0.1, -0.05) is 18.2 Å². The van der Waals surface area contributed by atoms with Crippen molar-refractivity contribution in [2.75, 3.05) is 23.7 Å². The Hall–Kier alpha value is -1.89. The number of nitrogen functional groups attached to an aromatic ring is 1. The minimum atomic E-state index is -0.207. The molecule has 1 aromatic carbocycles. The summed E-state index contributed by atoms with van der Waals surface area (Å²) in [5, 5.41) is 0. The molecule has 1 aromatic heterocycles. The van der Waals surface area contributed by atoms with E-state index in [1.54, 1.807) is 0 Å². The van der Waals surface area contributed by atoms with Crippen LogP contribution in [0, 0.1) is 5.82 Å². The second-order valence-electron chi connectivity index (χ2n) is 6.87. The van der Waals surface area contributed by atoms with E-state index in [0.29, 0.717) is 11.9 Å². The van der Waals surface area contributed by atoms with Crippen molar-refractivity contribution in [3.8, 4) is 0 Å². The number of aromatic nitrogens is 2. The Morgan fingerprint density at radius 1 is 1.07 bits per heavy atom. The summed E-state index contributed by atoms with van der Waals surface area (Å²) in [5.74, 6) is 1.38. The highest BCUT2D eigenvalue weighted by atomic mass is 35.5. The van der Waals surface area contributed by atoms with Gasteiger partial charge in [-0.3, -0.25) is 0 Å². The lowest BCUT2D eigenvalue weighted by Crippen LogP contribution is -2.35. The fourth-order valence-corrected chi connectivity index (χ4v) is 3.55. The van der Waals surface area contributed by atoms with E-state index in [1.165, 1.54) is 17.7 Å². The van der Waals surface area contributed by atoms with E-state index in [1.807, 2.05) is 18.2 Å². The molecule has 0 bridgehead atoms. The van der Waals surface area contributed by atoms with Crippen molar-refractivity contribution in [1.82, 2.24) is 9.97 Å². The van der Waals surface area contributed by atoms with Gasteiger partial charge in [0.25, 0.3) is 0 Å². The van der Waals surface area contributed by atoms with Crippen molar-refractivity contribution in [1.29, 1.82) is 0 Å². The monoisotopic (exact) mass is 411 g/mol. The number of halogens is 3. The van der Waals surface area contributed by atoms with E-state index >= 15 is 0 Å². The Bertz CT molecular complexity index is 806. The molecule has 27 heavy (non-hydrogen) atoms. The van der Waals surface area contributed by atoms with E-state index < -0.39 is 0 Å². The second kappa shape index (κ2) is 8.87. The van der Waals surface area contributed by atoms with Gasteiger partial charge in [-0.05, 0) is 42.5 Å². The lowest BCUT2D eigenvalue weighted by atomic mass is 9.78. The van der Waals surface area contributed by atoms with Gasteiger partial charge >= 0.3 is 0 Å². The number of anilines is 2. The number of rotatable bonds is 3. The molecule has 4 N–H and O–H groups in total. The normalized spacial score (nSPS) is 21.4. The first kappa shape index (κ1) is 21.4. The molecule has 0 atom stereocenters. The average molecular weight is 412 g/mol. The van der Waals surface area contributed by atoms with E-state index in [-0.39, 0.29) is 36.7 Å². The molecular weight excluding hydrogens is 388 g/mol. The van der Waals surface area contributed by atoms with Gasteiger partial charge in [-0.15, -0.1) is 24.8 Å². The molecule has 0 unspecified atom stereocenters. The van der Waals surface area contributed by atoms with Gasteiger partial charge in [0.1, 0.15) is 11.6 Å². The van der Waals surface area contributed by atoms with E-state index in [4.69, 9.17) is 11.5 Å². The standard InChI is InChI=1S/C19H22FN5.2ClH/c20-15-3-1-12(2-4-15)13-5-7-25(8-6-13)18-11-17(23-19(22)24-18)14-9-16(21)10-14;;/h1-5,11,14,16H,6-10,21H2,(H2,22,23,24);2*1H. The molecule has 1 aliphatic heterocycles. The lowest BCUT2D eigenvalue weighted by Gasteiger charge is -2.33. The van der Waals surface area contributed by atoms with Gasteiger partial charge in [0.05, 0.1) is 5.69 Å². The molecule has 5 nitrogen and oxygen atoms in total. The first-order valence-electron chi connectivity index (χ1n) is 8.68. The van der Waals surface area contributed by atoms with Crippen LogP contribution in [0.15, 0.2) is 36.4 Å². The van der Waals surface area contributed by atoms with Gasteiger partial charge in [0.2, 0.25) is 5.95 Å². The van der Waals surface area contributed by atoms with Crippen molar-refractivity contribution in [3.05, 3.63) is 53.5 Å². The van der Waals surface area contributed by atoms with Gasteiger partial charge in [0.15, 0.2) is 0 Å². The maximum Gasteiger partial charge on any atom is 0.222 e. The molecular formula is C19H24Cl2FN5. The van der Waals surface area contributed by atoms with Crippen molar-refractivity contribution in [2.24, 2.45) is 5.73 Å². The predicted octanol–water partition coefficient (Wildman–Crippen LogP) is 3.54. The minimum absolute atomic E-state index is 0. The maximum absolute atomic E-state index is 13.1. The Morgan fingerprint density at radius 3 is 2.37 bits per heavy atom. The number of nitrogens with zero attached hydrogens (tertiary/aromatic N) is 3. The topological polar surface area (TPSA) is 81.1 Å². The molecule has 146 valence electrons. The SMILES string of the molecule is Cl.Cl.Nc1nc(C2CC(N)C2)cc(N2CC=C(c3ccc(F)cc3)CC2)n1.